The van der Waals surface area contributed by atoms with E-state index in [1.54, 1.807) is 24.3 Å². The van der Waals surface area contributed by atoms with Crippen LogP contribution >= 0.6 is 0 Å². The smallest absolute Gasteiger partial charge is 0.255 e. The summed E-state index contributed by atoms with van der Waals surface area (Å²) in [5.74, 6) is -2.84. The highest BCUT2D eigenvalue weighted by Crippen LogP contribution is 2.25. The zero-order valence-corrected chi connectivity index (χ0v) is 10.5. The Bertz CT molecular complexity index is 642. The van der Waals surface area contributed by atoms with E-state index in [1.165, 1.54) is 6.07 Å². The topological polar surface area (TPSA) is 81.1 Å². The number of nitrogens with two attached hydrogens (primary N) is 2. The van der Waals surface area contributed by atoms with Gasteiger partial charge in [0.1, 0.15) is 5.69 Å². The molecule has 104 valence electrons. The zero-order valence-electron chi connectivity index (χ0n) is 10.5. The fourth-order valence-electron chi connectivity index (χ4n) is 1.67. The van der Waals surface area contributed by atoms with Crippen molar-refractivity contribution in [2.75, 3.05) is 11.1 Å². The largest absolute Gasteiger partial charge is 0.397 e. The van der Waals surface area contributed by atoms with Crippen molar-refractivity contribution in [3.63, 3.8) is 0 Å². The molecule has 20 heavy (non-hydrogen) atoms. The van der Waals surface area contributed by atoms with Gasteiger partial charge in [0.15, 0.2) is 11.6 Å². The Morgan fingerprint density at radius 2 is 1.75 bits per heavy atom. The van der Waals surface area contributed by atoms with E-state index in [4.69, 9.17) is 11.5 Å². The van der Waals surface area contributed by atoms with Crippen molar-refractivity contribution in [2.45, 2.75) is 6.54 Å². The summed E-state index contributed by atoms with van der Waals surface area (Å²) in [5, 5.41) is 2.26. The number of carbonyl (C=O) groups is 1. The molecule has 2 aromatic rings. The molecule has 0 atom stereocenters. The summed E-state index contributed by atoms with van der Waals surface area (Å²) in [4.78, 5) is 11.9. The molecule has 0 fully saturated rings. The third-order valence-corrected chi connectivity index (χ3v) is 2.82. The van der Waals surface area contributed by atoms with E-state index in [0.29, 0.717) is 12.1 Å². The third-order valence-electron chi connectivity index (χ3n) is 2.82. The van der Waals surface area contributed by atoms with Crippen LogP contribution < -0.4 is 16.8 Å². The van der Waals surface area contributed by atoms with Crippen LogP contribution in [0.15, 0.2) is 36.4 Å². The summed E-state index contributed by atoms with van der Waals surface area (Å²) in [7, 11) is 0. The minimum atomic E-state index is -1.18. The first-order chi connectivity index (χ1) is 9.52. The molecular weight excluding hydrogens is 264 g/mol. The van der Waals surface area contributed by atoms with Gasteiger partial charge < -0.3 is 16.8 Å². The van der Waals surface area contributed by atoms with Gasteiger partial charge in [0, 0.05) is 12.1 Å². The van der Waals surface area contributed by atoms with Crippen LogP contribution in [0.5, 0.6) is 0 Å². The number of hydrogen-bond donors (Lipinski definition) is 3. The molecule has 0 aliphatic rings. The van der Waals surface area contributed by atoms with E-state index in [9.17, 15) is 13.6 Å². The number of benzene rings is 2. The first kappa shape index (κ1) is 14.0. The lowest BCUT2D eigenvalue weighted by Crippen LogP contribution is -2.15. The zero-order chi connectivity index (χ0) is 14.7. The predicted molar refractivity (Wildman–Crippen MR) is 73.1 cm³/mol. The van der Waals surface area contributed by atoms with Gasteiger partial charge in [0.25, 0.3) is 5.91 Å². The van der Waals surface area contributed by atoms with Crippen LogP contribution in [-0.2, 0) is 6.54 Å². The summed E-state index contributed by atoms with van der Waals surface area (Å²) in [6.45, 7) is 0.355. The molecule has 0 unspecified atom stereocenters. The van der Waals surface area contributed by atoms with Gasteiger partial charge in [-0.15, -0.1) is 0 Å². The van der Waals surface area contributed by atoms with E-state index in [1.807, 2.05) is 0 Å². The lowest BCUT2D eigenvalue weighted by atomic mass is 10.1. The highest BCUT2D eigenvalue weighted by molar-refractivity contribution is 6.05. The van der Waals surface area contributed by atoms with E-state index < -0.39 is 17.5 Å². The monoisotopic (exact) mass is 277 g/mol. The Hall–Kier alpha value is -2.47. The maximum absolute atomic E-state index is 13.6. The van der Waals surface area contributed by atoms with Gasteiger partial charge in [-0.05, 0) is 29.8 Å². The van der Waals surface area contributed by atoms with Crippen LogP contribution in [0.1, 0.15) is 15.9 Å². The molecule has 0 spiro atoms. The first-order valence-electron chi connectivity index (χ1n) is 5.86. The number of hydrogen-bond acceptors (Lipinski definition) is 3. The number of rotatable bonds is 3. The van der Waals surface area contributed by atoms with E-state index in [0.717, 1.165) is 11.6 Å². The molecule has 6 heteroatoms. The van der Waals surface area contributed by atoms with Crippen molar-refractivity contribution >= 4 is 17.3 Å². The van der Waals surface area contributed by atoms with Crippen LogP contribution in [0.3, 0.4) is 0 Å². The standard InChI is InChI=1S/C14H13F2N3O/c15-10-5-6-11(18)13(12(10)16)19-14(20)9-3-1-8(7-17)2-4-9/h1-6H,7,17-18H2,(H,19,20). The Morgan fingerprint density at radius 1 is 1.10 bits per heavy atom. The lowest BCUT2D eigenvalue weighted by molar-refractivity contribution is 0.102. The van der Waals surface area contributed by atoms with Gasteiger partial charge in [-0.3, -0.25) is 4.79 Å². The van der Waals surface area contributed by atoms with Crippen molar-refractivity contribution in [3.8, 4) is 0 Å². The van der Waals surface area contributed by atoms with Gasteiger partial charge in [-0.2, -0.15) is 0 Å². The van der Waals surface area contributed by atoms with Crippen LogP contribution in [0.4, 0.5) is 20.2 Å². The van der Waals surface area contributed by atoms with Gasteiger partial charge in [0.05, 0.1) is 5.69 Å². The molecule has 0 heterocycles. The van der Waals surface area contributed by atoms with Crippen molar-refractivity contribution < 1.29 is 13.6 Å². The van der Waals surface area contributed by atoms with Crippen molar-refractivity contribution in [3.05, 3.63) is 59.2 Å². The molecule has 5 N–H and O–H groups in total. The molecular formula is C14H13F2N3O. The fourth-order valence-corrected chi connectivity index (χ4v) is 1.67. The molecule has 0 saturated carbocycles. The second-order valence-corrected chi connectivity index (χ2v) is 4.18. The Kier molecular flexibility index (Phi) is 3.95. The van der Waals surface area contributed by atoms with Gasteiger partial charge in [0.2, 0.25) is 0 Å². The Morgan fingerprint density at radius 3 is 2.35 bits per heavy atom. The van der Waals surface area contributed by atoms with Crippen molar-refractivity contribution in [1.29, 1.82) is 0 Å². The molecule has 2 rings (SSSR count). The van der Waals surface area contributed by atoms with Gasteiger partial charge in [-0.25, -0.2) is 8.78 Å². The van der Waals surface area contributed by atoms with Gasteiger partial charge >= 0.3 is 0 Å². The molecule has 0 aliphatic carbocycles. The van der Waals surface area contributed by atoms with Crippen LogP contribution in [-0.4, -0.2) is 5.91 Å². The summed E-state index contributed by atoms with van der Waals surface area (Å²) in [5.41, 5.74) is 11.7. The second-order valence-electron chi connectivity index (χ2n) is 4.18. The normalized spacial score (nSPS) is 10.3. The molecule has 2 aromatic carbocycles. The van der Waals surface area contributed by atoms with E-state index in [2.05, 4.69) is 5.32 Å². The molecule has 0 saturated heterocycles. The average Bonchev–Trinajstić information content (AvgIpc) is 2.47. The first-order valence-corrected chi connectivity index (χ1v) is 5.86. The van der Waals surface area contributed by atoms with Crippen LogP contribution in [0.25, 0.3) is 0 Å². The molecule has 0 bridgehead atoms. The molecule has 0 aromatic heterocycles. The number of anilines is 2. The third kappa shape index (κ3) is 2.75. The average molecular weight is 277 g/mol. The SMILES string of the molecule is NCc1ccc(C(=O)Nc2c(N)ccc(F)c2F)cc1. The summed E-state index contributed by atoms with van der Waals surface area (Å²) in [6, 6.07) is 8.54. The predicted octanol–water partition coefficient (Wildman–Crippen LogP) is 2.26. The quantitative estimate of drug-likeness (QED) is 0.753. The Labute approximate surface area is 114 Å². The minimum Gasteiger partial charge on any atom is -0.397 e. The molecule has 0 aliphatic heterocycles. The highest BCUT2D eigenvalue weighted by Gasteiger charge is 2.15. The minimum absolute atomic E-state index is 0.0455. The maximum atomic E-state index is 13.6. The summed E-state index contributed by atoms with van der Waals surface area (Å²) >= 11 is 0. The van der Waals surface area contributed by atoms with E-state index in [-0.39, 0.29) is 11.4 Å². The van der Waals surface area contributed by atoms with E-state index >= 15 is 0 Å². The van der Waals surface area contributed by atoms with Crippen molar-refractivity contribution in [1.82, 2.24) is 0 Å². The van der Waals surface area contributed by atoms with Crippen molar-refractivity contribution in [2.24, 2.45) is 5.73 Å². The molecule has 1 amide bonds. The summed E-state index contributed by atoms with van der Waals surface area (Å²) in [6.07, 6.45) is 0. The number of carbonyl (C=O) groups excluding carboxylic acids is 1. The second kappa shape index (κ2) is 5.66. The number of nitrogens with one attached hydrogen (secondary N) is 1. The van der Waals surface area contributed by atoms with Gasteiger partial charge in [-0.1, -0.05) is 12.1 Å². The maximum Gasteiger partial charge on any atom is 0.255 e. The van der Waals surface area contributed by atoms with Crippen LogP contribution in [0, 0.1) is 11.6 Å². The Balaban J connectivity index is 2.25. The number of amides is 1. The molecule has 0 radical (unpaired) electrons. The number of halogens is 2. The fraction of sp³-hybridized carbons (Fsp3) is 0.0714. The van der Waals surface area contributed by atoms with Crippen LogP contribution in [0.2, 0.25) is 0 Å². The molecule has 4 nitrogen and oxygen atoms in total. The summed E-state index contributed by atoms with van der Waals surface area (Å²) < 4.78 is 26.7. The lowest BCUT2D eigenvalue weighted by Gasteiger charge is -2.10. The highest BCUT2D eigenvalue weighted by atomic mass is 19.2. The number of nitrogen functional groups attached to an aromatic ring is 1.